The number of nitrogens with one attached hydrogen (secondary N) is 1. The molecule has 18 heavy (non-hydrogen) atoms. The summed E-state index contributed by atoms with van der Waals surface area (Å²) in [7, 11) is 2.99. The SMILES string of the molecule is COc1ncc(OC)c2c(OCC(=O)O)c[nH]c12. The Bertz CT molecular complexity index is 578. The summed E-state index contributed by atoms with van der Waals surface area (Å²) in [6.07, 6.45) is 3.03. The molecule has 0 bridgehead atoms. The fraction of sp³-hybridized carbons (Fsp3) is 0.273. The smallest absolute Gasteiger partial charge is 0.341 e. The molecule has 0 unspecified atom stereocenters. The molecule has 0 fully saturated rings. The molecule has 2 rings (SSSR count). The van der Waals surface area contributed by atoms with Crippen molar-refractivity contribution in [2.24, 2.45) is 0 Å². The van der Waals surface area contributed by atoms with Crippen LogP contribution < -0.4 is 14.2 Å². The van der Waals surface area contributed by atoms with Gasteiger partial charge < -0.3 is 24.3 Å². The summed E-state index contributed by atoms with van der Waals surface area (Å²) >= 11 is 0. The summed E-state index contributed by atoms with van der Waals surface area (Å²) in [5.41, 5.74) is 0.595. The van der Waals surface area contributed by atoms with Crippen LogP contribution in [0.25, 0.3) is 10.9 Å². The molecule has 0 saturated heterocycles. The molecule has 0 radical (unpaired) electrons. The predicted molar refractivity (Wildman–Crippen MR) is 62.3 cm³/mol. The minimum absolute atomic E-state index is 0.380. The molecule has 0 amide bonds. The number of hydrogen-bond donors (Lipinski definition) is 2. The molecule has 2 aromatic heterocycles. The number of pyridine rings is 1. The van der Waals surface area contributed by atoms with E-state index in [0.29, 0.717) is 28.3 Å². The van der Waals surface area contributed by atoms with Crippen LogP contribution in [0.15, 0.2) is 12.4 Å². The first-order valence-corrected chi connectivity index (χ1v) is 5.10. The number of carboxylic acid groups (broad SMARTS) is 1. The zero-order valence-electron chi connectivity index (χ0n) is 9.89. The minimum Gasteiger partial charge on any atom is -0.494 e. The van der Waals surface area contributed by atoms with Crippen molar-refractivity contribution in [1.82, 2.24) is 9.97 Å². The third-order valence-corrected chi connectivity index (χ3v) is 2.37. The number of aromatic nitrogens is 2. The van der Waals surface area contributed by atoms with Crippen LogP contribution in [0, 0.1) is 0 Å². The maximum atomic E-state index is 10.5. The van der Waals surface area contributed by atoms with E-state index in [1.807, 2.05) is 0 Å². The number of ether oxygens (including phenoxy) is 3. The molecule has 0 aliphatic carbocycles. The number of carbonyl (C=O) groups is 1. The van der Waals surface area contributed by atoms with Crippen molar-refractivity contribution >= 4 is 16.9 Å². The molecule has 2 N–H and O–H groups in total. The van der Waals surface area contributed by atoms with Gasteiger partial charge in [0.15, 0.2) is 12.4 Å². The van der Waals surface area contributed by atoms with E-state index in [-0.39, 0.29) is 0 Å². The van der Waals surface area contributed by atoms with Crippen LogP contribution in [0.3, 0.4) is 0 Å². The van der Waals surface area contributed by atoms with E-state index in [0.717, 1.165) is 0 Å². The second kappa shape index (κ2) is 4.82. The monoisotopic (exact) mass is 252 g/mol. The second-order valence-electron chi connectivity index (χ2n) is 3.42. The molecule has 96 valence electrons. The molecule has 7 heteroatoms. The van der Waals surface area contributed by atoms with Gasteiger partial charge in [-0.3, -0.25) is 0 Å². The van der Waals surface area contributed by atoms with E-state index in [2.05, 4.69) is 9.97 Å². The number of fused-ring (bicyclic) bond motifs is 1. The lowest BCUT2D eigenvalue weighted by molar-refractivity contribution is -0.139. The Kier molecular flexibility index (Phi) is 3.22. The van der Waals surface area contributed by atoms with Crippen molar-refractivity contribution < 1.29 is 24.1 Å². The van der Waals surface area contributed by atoms with Gasteiger partial charge in [-0.25, -0.2) is 9.78 Å². The van der Waals surface area contributed by atoms with Gasteiger partial charge in [0.25, 0.3) is 0 Å². The van der Waals surface area contributed by atoms with E-state index in [9.17, 15) is 4.79 Å². The highest BCUT2D eigenvalue weighted by molar-refractivity contribution is 5.94. The van der Waals surface area contributed by atoms with Crippen molar-refractivity contribution in [3.8, 4) is 17.4 Å². The number of rotatable bonds is 5. The highest BCUT2D eigenvalue weighted by Gasteiger charge is 2.16. The van der Waals surface area contributed by atoms with Gasteiger partial charge in [0.1, 0.15) is 11.3 Å². The van der Waals surface area contributed by atoms with E-state index in [1.165, 1.54) is 20.4 Å². The topological polar surface area (TPSA) is 93.7 Å². The fourth-order valence-corrected chi connectivity index (χ4v) is 1.63. The van der Waals surface area contributed by atoms with Crippen LogP contribution in [-0.2, 0) is 4.79 Å². The third kappa shape index (κ3) is 2.02. The number of methoxy groups -OCH3 is 2. The summed E-state index contributed by atoms with van der Waals surface area (Å²) in [6.45, 7) is -0.430. The lowest BCUT2D eigenvalue weighted by Gasteiger charge is -2.07. The lowest BCUT2D eigenvalue weighted by Crippen LogP contribution is -2.09. The van der Waals surface area contributed by atoms with Gasteiger partial charge in [0.05, 0.1) is 25.8 Å². The fourth-order valence-electron chi connectivity index (χ4n) is 1.63. The predicted octanol–water partition coefficient (Wildman–Crippen LogP) is 1.04. The molecular weight excluding hydrogens is 240 g/mol. The van der Waals surface area contributed by atoms with Crippen LogP contribution in [0.2, 0.25) is 0 Å². The average molecular weight is 252 g/mol. The maximum absolute atomic E-state index is 10.5. The van der Waals surface area contributed by atoms with Crippen LogP contribution in [0.4, 0.5) is 0 Å². The first kappa shape index (κ1) is 12.0. The van der Waals surface area contributed by atoms with Crippen molar-refractivity contribution in [3.05, 3.63) is 12.4 Å². The summed E-state index contributed by atoms with van der Waals surface area (Å²) in [6, 6.07) is 0. The lowest BCUT2D eigenvalue weighted by atomic mass is 10.3. The zero-order valence-corrected chi connectivity index (χ0v) is 9.89. The quantitative estimate of drug-likeness (QED) is 0.825. The van der Waals surface area contributed by atoms with E-state index >= 15 is 0 Å². The number of nitrogens with zero attached hydrogens (tertiary/aromatic N) is 1. The first-order valence-electron chi connectivity index (χ1n) is 5.10. The third-order valence-electron chi connectivity index (χ3n) is 2.37. The van der Waals surface area contributed by atoms with Gasteiger partial charge in [0, 0.05) is 6.20 Å². The summed E-state index contributed by atoms with van der Waals surface area (Å²) in [4.78, 5) is 17.5. The van der Waals surface area contributed by atoms with Crippen molar-refractivity contribution in [2.45, 2.75) is 0 Å². The highest BCUT2D eigenvalue weighted by Crippen LogP contribution is 2.37. The Labute approximate surface area is 102 Å². The van der Waals surface area contributed by atoms with Gasteiger partial charge in [-0.15, -0.1) is 0 Å². The van der Waals surface area contributed by atoms with Gasteiger partial charge in [-0.2, -0.15) is 0 Å². The molecule has 0 atom stereocenters. The number of aliphatic carboxylic acids is 1. The van der Waals surface area contributed by atoms with Crippen LogP contribution in [0.5, 0.6) is 17.4 Å². The minimum atomic E-state index is -1.05. The normalized spacial score (nSPS) is 10.3. The molecule has 2 aromatic rings. The van der Waals surface area contributed by atoms with Crippen molar-refractivity contribution in [2.75, 3.05) is 20.8 Å². The molecule has 0 spiro atoms. The number of H-pyrrole nitrogens is 1. The van der Waals surface area contributed by atoms with E-state index in [1.54, 1.807) is 6.20 Å². The van der Waals surface area contributed by atoms with E-state index < -0.39 is 12.6 Å². The zero-order chi connectivity index (χ0) is 13.1. The maximum Gasteiger partial charge on any atom is 0.341 e. The summed E-state index contributed by atoms with van der Waals surface area (Å²) in [5.74, 6) is 0.192. The molecule has 0 aliphatic rings. The van der Waals surface area contributed by atoms with Crippen LogP contribution >= 0.6 is 0 Å². The molecule has 0 saturated carbocycles. The molecule has 0 aliphatic heterocycles. The molecule has 0 aromatic carbocycles. The summed E-state index contributed by atoms with van der Waals surface area (Å²) in [5, 5.41) is 9.21. The van der Waals surface area contributed by atoms with Gasteiger partial charge in [0.2, 0.25) is 5.88 Å². The van der Waals surface area contributed by atoms with Gasteiger partial charge >= 0.3 is 5.97 Å². The van der Waals surface area contributed by atoms with Gasteiger partial charge in [-0.1, -0.05) is 0 Å². The Balaban J connectivity index is 2.51. The summed E-state index contributed by atoms with van der Waals surface area (Å²) < 4.78 is 15.4. The molecule has 2 heterocycles. The number of carboxylic acids is 1. The average Bonchev–Trinajstić information content (AvgIpc) is 2.79. The Hall–Kier alpha value is -2.44. The Morgan fingerprint density at radius 2 is 2.17 bits per heavy atom. The first-order chi connectivity index (χ1) is 8.67. The molecular formula is C11H12N2O5. The van der Waals surface area contributed by atoms with Crippen molar-refractivity contribution in [3.63, 3.8) is 0 Å². The Morgan fingerprint density at radius 1 is 1.39 bits per heavy atom. The standard InChI is InChI=1S/C11H12N2O5/c1-16-6-3-13-11(17-2)10-9(6)7(4-12-10)18-5-8(14)15/h3-4,12H,5H2,1-2H3,(H,14,15). The van der Waals surface area contributed by atoms with E-state index in [4.69, 9.17) is 19.3 Å². The largest absolute Gasteiger partial charge is 0.494 e. The van der Waals surface area contributed by atoms with Crippen LogP contribution in [-0.4, -0.2) is 41.9 Å². The van der Waals surface area contributed by atoms with Crippen molar-refractivity contribution in [1.29, 1.82) is 0 Å². The van der Waals surface area contributed by atoms with Gasteiger partial charge in [-0.05, 0) is 0 Å². The highest BCUT2D eigenvalue weighted by atomic mass is 16.5. The van der Waals surface area contributed by atoms with Crippen LogP contribution in [0.1, 0.15) is 0 Å². The number of hydrogen-bond acceptors (Lipinski definition) is 5. The Morgan fingerprint density at radius 3 is 2.78 bits per heavy atom. The second-order valence-corrected chi connectivity index (χ2v) is 3.42. The number of aromatic amines is 1. The molecule has 7 nitrogen and oxygen atoms in total.